The molecule has 2 aromatic carbocycles. The van der Waals surface area contributed by atoms with Crippen LogP contribution in [0.2, 0.25) is 5.02 Å². The van der Waals surface area contributed by atoms with E-state index in [1.807, 2.05) is 55.6 Å². The van der Waals surface area contributed by atoms with Crippen molar-refractivity contribution < 1.29 is 5.11 Å². The number of nitrogens with zero attached hydrogens (tertiary/aromatic N) is 2. The zero-order valence-corrected chi connectivity index (χ0v) is 15.6. The molecule has 3 rings (SSSR count). The number of aromatic nitrogens is 2. The second-order valence-corrected chi connectivity index (χ2v) is 6.76. The van der Waals surface area contributed by atoms with Crippen molar-refractivity contribution in [3.05, 3.63) is 65.3 Å². The Bertz CT molecular complexity index is 876. The molecule has 3 aromatic rings. The van der Waals surface area contributed by atoms with Crippen LogP contribution in [-0.4, -0.2) is 22.1 Å². The maximum absolute atomic E-state index is 9.11. The van der Waals surface area contributed by atoms with E-state index in [0.717, 1.165) is 21.8 Å². The number of hydrogen-bond acceptors (Lipinski definition) is 7. The average Bonchev–Trinajstić information content (AvgIpc) is 2.67. The predicted octanol–water partition coefficient (Wildman–Crippen LogP) is 4.34. The number of aliphatic hydroxyl groups excluding tert-OH is 1. The molecule has 134 valence electrons. The van der Waals surface area contributed by atoms with E-state index >= 15 is 0 Å². The van der Waals surface area contributed by atoms with Crippen LogP contribution in [0, 0.1) is 0 Å². The molecule has 8 heteroatoms. The lowest BCUT2D eigenvalue weighted by molar-refractivity contribution is 0.282. The molecule has 1 heterocycles. The summed E-state index contributed by atoms with van der Waals surface area (Å²) in [7, 11) is 1.86. The Morgan fingerprint density at radius 2 is 1.85 bits per heavy atom. The Labute approximate surface area is 161 Å². The van der Waals surface area contributed by atoms with Gasteiger partial charge in [0.25, 0.3) is 0 Å². The number of hydrogen-bond donors (Lipinski definition) is 4. The van der Waals surface area contributed by atoms with Gasteiger partial charge >= 0.3 is 0 Å². The van der Waals surface area contributed by atoms with Crippen LogP contribution in [0.4, 0.5) is 23.1 Å². The van der Waals surface area contributed by atoms with Gasteiger partial charge in [-0.15, -0.1) is 0 Å². The van der Waals surface area contributed by atoms with Crippen LogP contribution in [0.1, 0.15) is 5.56 Å². The predicted molar refractivity (Wildman–Crippen MR) is 107 cm³/mol. The first-order valence-corrected chi connectivity index (χ1v) is 9.08. The summed E-state index contributed by atoms with van der Waals surface area (Å²) in [6.45, 7) is 0.00975. The Morgan fingerprint density at radius 1 is 1.08 bits per heavy atom. The van der Waals surface area contributed by atoms with E-state index < -0.39 is 0 Å². The summed E-state index contributed by atoms with van der Waals surface area (Å²) in [6.07, 6.45) is 1.55. The fraction of sp³-hybridized carbons (Fsp3) is 0.111. The third kappa shape index (κ3) is 4.64. The van der Waals surface area contributed by atoms with Crippen molar-refractivity contribution in [2.24, 2.45) is 0 Å². The molecule has 0 saturated heterocycles. The molecule has 0 aliphatic rings. The maximum Gasteiger partial charge on any atom is 0.229 e. The van der Waals surface area contributed by atoms with Gasteiger partial charge < -0.3 is 15.7 Å². The zero-order valence-electron chi connectivity index (χ0n) is 14.0. The van der Waals surface area contributed by atoms with Crippen molar-refractivity contribution in [1.82, 2.24) is 14.7 Å². The SMILES string of the molecule is CNSc1ccccc1Nc1nc(Nc2ccc(CO)cc2)ncc1Cl. The van der Waals surface area contributed by atoms with Crippen molar-refractivity contribution in [2.45, 2.75) is 11.5 Å². The lowest BCUT2D eigenvalue weighted by atomic mass is 10.2. The van der Waals surface area contributed by atoms with Gasteiger partial charge in [0.2, 0.25) is 5.95 Å². The van der Waals surface area contributed by atoms with Crippen LogP contribution in [0.15, 0.2) is 59.6 Å². The standard InChI is InChI=1S/C18H18ClN5OS/c1-20-26-16-5-3-2-4-15(16)23-17-14(19)10-21-18(24-17)22-13-8-6-12(11-25)7-9-13/h2-10,20,25H,11H2,1H3,(H2,21,22,23,24). The molecule has 0 saturated carbocycles. The van der Waals surface area contributed by atoms with Gasteiger partial charge in [-0.3, -0.25) is 4.72 Å². The second-order valence-electron chi connectivity index (χ2n) is 5.30. The van der Waals surface area contributed by atoms with Gasteiger partial charge in [0.15, 0.2) is 5.82 Å². The topological polar surface area (TPSA) is 82.1 Å². The fourth-order valence-electron chi connectivity index (χ4n) is 2.23. The highest BCUT2D eigenvalue weighted by Crippen LogP contribution is 2.30. The Morgan fingerprint density at radius 3 is 2.58 bits per heavy atom. The van der Waals surface area contributed by atoms with Gasteiger partial charge in [0.05, 0.1) is 18.5 Å². The van der Waals surface area contributed by atoms with E-state index in [4.69, 9.17) is 16.7 Å². The molecule has 4 N–H and O–H groups in total. The third-order valence-corrected chi connectivity index (χ3v) is 4.55. The summed E-state index contributed by atoms with van der Waals surface area (Å²) in [5, 5.41) is 15.9. The summed E-state index contributed by atoms with van der Waals surface area (Å²) in [5.74, 6) is 0.938. The molecule has 0 radical (unpaired) electrons. The third-order valence-electron chi connectivity index (χ3n) is 3.49. The van der Waals surface area contributed by atoms with Gasteiger partial charge in [-0.2, -0.15) is 4.98 Å². The molecular weight excluding hydrogens is 370 g/mol. The van der Waals surface area contributed by atoms with Gasteiger partial charge in [0, 0.05) is 10.6 Å². The fourth-order valence-corrected chi connectivity index (χ4v) is 2.97. The van der Waals surface area contributed by atoms with Crippen molar-refractivity contribution in [2.75, 3.05) is 17.7 Å². The first kappa shape index (κ1) is 18.5. The molecule has 26 heavy (non-hydrogen) atoms. The van der Waals surface area contributed by atoms with Crippen molar-refractivity contribution >= 4 is 46.7 Å². The van der Waals surface area contributed by atoms with Crippen LogP contribution < -0.4 is 15.4 Å². The van der Waals surface area contributed by atoms with E-state index in [1.54, 1.807) is 6.20 Å². The van der Waals surface area contributed by atoms with E-state index in [1.165, 1.54) is 11.9 Å². The van der Waals surface area contributed by atoms with E-state index in [0.29, 0.717) is 16.8 Å². The summed E-state index contributed by atoms with van der Waals surface area (Å²) in [5.41, 5.74) is 2.56. The van der Waals surface area contributed by atoms with Gasteiger partial charge in [0.1, 0.15) is 5.02 Å². The van der Waals surface area contributed by atoms with Gasteiger partial charge in [-0.05, 0) is 48.8 Å². The van der Waals surface area contributed by atoms with E-state index in [-0.39, 0.29) is 6.61 Å². The van der Waals surface area contributed by atoms with Crippen molar-refractivity contribution in [3.63, 3.8) is 0 Å². The summed E-state index contributed by atoms with van der Waals surface area (Å²) >= 11 is 7.75. The van der Waals surface area contributed by atoms with Crippen LogP contribution >= 0.6 is 23.5 Å². The molecule has 0 spiro atoms. The normalized spacial score (nSPS) is 10.6. The van der Waals surface area contributed by atoms with E-state index in [2.05, 4.69) is 25.3 Å². The summed E-state index contributed by atoms with van der Waals surface area (Å²) in [4.78, 5) is 9.71. The Kier molecular flexibility index (Phi) is 6.30. The molecule has 0 bridgehead atoms. The molecule has 1 aromatic heterocycles. The largest absolute Gasteiger partial charge is 0.392 e. The Balaban J connectivity index is 1.81. The highest BCUT2D eigenvalue weighted by atomic mass is 35.5. The highest BCUT2D eigenvalue weighted by Gasteiger charge is 2.09. The number of para-hydroxylation sites is 1. The summed E-state index contributed by atoms with van der Waals surface area (Å²) < 4.78 is 3.06. The molecule has 0 atom stereocenters. The zero-order chi connectivity index (χ0) is 18.4. The minimum Gasteiger partial charge on any atom is -0.392 e. The lowest BCUT2D eigenvalue weighted by Crippen LogP contribution is -2.03. The molecule has 0 unspecified atom stereocenters. The van der Waals surface area contributed by atoms with Gasteiger partial charge in [-0.1, -0.05) is 35.9 Å². The second kappa shape index (κ2) is 8.86. The number of rotatable bonds is 7. The van der Waals surface area contributed by atoms with Crippen molar-refractivity contribution in [3.8, 4) is 0 Å². The first-order chi connectivity index (χ1) is 12.7. The minimum absolute atomic E-state index is 0.00975. The minimum atomic E-state index is 0.00975. The first-order valence-electron chi connectivity index (χ1n) is 7.88. The van der Waals surface area contributed by atoms with Crippen LogP contribution in [0.5, 0.6) is 0 Å². The van der Waals surface area contributed by atoms with E-state index in [9.17, 15) is 0 Å². The molecule has 0 aliphatic heterocycles. The maximum atomic E-state index is 9.11. The molecular formula is C18H18ClN5OS. The Hall–Kier alpha value is -2.32. The van der Waals surface area contributed by atoms with Crippen LogP contribution in [0.25, 0.3) is 0 Å². The summed E-state index contributed by atoms with van der Waals surface area (Å²) in [6, 6.07) is 15.3. The monoisotopic (exact) mass is 387 g/mol. The van der Waals surface area contributed by atoms with Crippen LogP contribution in [-0.2, 0) is 6.61 Å². The number of aliphatic hydroxyl groups is 1. The van der Waals surface area contributed by atoms with Crippen LogP contribution in [0.3, 0.4) is 0 Å². The lowest BCUT2D eigenvalue weighted by Gasteiger charge is -2.13. The number of anilines is 4. The molecule has 6 nitrogen and oxygen atoms in total. The number of nitrogens with one attached hydrogen (secondary N) is 3. The van der Waals surface area contributed by atoms with Gasteiger partial charge in [-0.25, -0.2) is 4.98 Å². The molecule has 0 aliphatic carbocycles. The number of benzene rings is 2. The highest BCUT2D eigenvalue weighted by molar-refractivity contribution is 7.97. The molecule has 0 amide bonds. The number of halogens is 1. The van der Waals surface area contributed by atoms with Crippen molar-refractivity contribution in [1.29, 1.82) is 0 Å². The average molecular weight is 388 g/mol. The smallest absolute Gasteiger partial charge is 0.229 e. The molecule has 0 fully saturated rings. The quantitative estimate of drug-likeness (QED) is 0.449.